The molecule has 0 aliphatic heterocycles. The summed E-state index contributed by atoms with van der Waals surface area (Å²) < 4.78 is 41.5. The molecule has 0 heterocycles. The van der Waals surface area contributed by atoms with E-state index in [1.54, 1.807) is 42.5 Å². The van der Waals surface area contributed by atoms with Crippen LogP contribution in [-0.4, -0.2) is 48.0 Å². The van der Waals surface area contributed by atoms with E-state index in [-0.39, 0.29) is 5.69 Å². The van der Waals surface area contributed by atoms with Gasteiger partial charge in [-0.2, -0.15) is 0 Å². The smallest absolute Gasteiger partial charge is 0.245 e. The van der Waals surface area contributed by atoms with Crippen molar-refractivity contribution in [3.05, 3.63) is 55.1 Å². The first kappa shape index (κ1) is 22.1. The number of anilines is 2. The molecule has 29 heavy (non-hydrogen) atoms. The van der Waals surface area contributed by atoms with Crippen molar-refractivity contribution in [2.75, 3.05) is 43.2 Å². The summed E-state index contributed by atoms with van der Waals surface area (Å²) in [7, 11) is -0.890. The molecule has 2 rings (SSSR count). The number of benzene rings is 2. The van der Waals surface area contributed by atoms with Crippen LogP contribution in [0.4, 0.5) is 11.4 Å². The first-order chi connectivity index (χ1) is 13.8. The van der Waals surface area contributed by atoms with Crippen LogP contribution in [0.3, 0.4) is 0 Å². The third kappa shape index (κ3) is 6.15. The van der Waals surface area contributed by atoms with Gasteiger partial charge in [-0.3, -0.25) is 9.10 Å². The average Bonchev–Trinajstić information content (AvgIpc) is 2.70. The van der Waals surface area contributed by atoms with Gasteiger partial charge in [-0.15, -0.1) is 0 Å². The normalized spacial score (nSPS) is 10.7. The van der Waals surface area contributed by atoms with Crippen LogP contribution < -0.4 is 23.8 Å². The molecular weight excluding hydrogens is 396 g/mol. The van der Waals surface area contributed by atoms with Gasteiger partial charge in [0.25, 0.3) is 0 Å². The van der Waals surface area contributed by atoms with E-state index in [2.05, 4.69) is 11.9 Å². The summed E-state index contributed by atoms with van der Waals surface area (Å²) in [6.45, 7) is 3.51. The SMILES string of the molecule is C=CCOc1ccc(NC(=O)CN(c2cc(OC)ccc2OC)S(C)(=O)=O)cc1. The number of rotatable bonds is 10. The lowest BCUT2D eigenvalue weighted by Gasteiger charge is -2.24. The van der Waals surface area contributed by atoms with Crippen molar-refractivity contribution < 1.29 is 27.4 Å². The van der Waals surface area contributed by atoms with Crippen molar-refractivity contribution in [3.63, 3.8) is 0 Å². The van der Waals surface area contributed by atoms with E-state index < -0.39 is 22.5 Å². The number of sulfonamides is 1. The van der Waals surface area contributed by atoms with Gasteiger partial charge in [0.2, 0.25) is 15.9 Å². The summed E-state index contributed by atoms with van der Waals surface area (Å²) >= 11 is 0. The summed E-state index contributed by atoms with van der Waals surface area (Å²) in [5, 5.41) is 2.67. The summed E-state index contributed by atoms with van der Waals surface area (Å²) in [6, 6.07) is 11.4. The molecule has 2 aromatic rings. The van der Waals surface area contributed by atoms with Gasteiger partial charge < -0.3 is 19.5 Å². The number of hydrogen-bond donors (Lipinski definition) is 1. The van der Waals surface area contributed by atoms with Gasteiger partial charge in [-0.25, -0.2) is 8.42 Å². The highest BCUT2D eigenvalue weighted by molar-refractivity contribution is 7.92. The Kier molecular flexibility index (Phi) is 7.49. The zero-order valence-electron chi connectivity index (χ0n) is 16.5. The van der Waals surface area contributed by atoms with Crippen molar-refractivity contribution in [2.45, 2.75) is 0 Å². The van der Waals surface area contributed by atoms with E-state index >= 15 is 0 Å². The predicted molar refractivity (Wildman–Crippen MR) is 112 cm³/mol. The van der Waals surface area contributed by atoms with Crippen molar-refractivity contribution in [3.8, 4) is 17.2 Å². The Labute approximate surface area is 170 Å². The zero-order chi connectivity index (χ0) is 21.4. The second-order valence-corrected chi connectivity index (χ2v) is 7.89. The number of hydrogen-bond acceptors (Lipinski definition) is 6. The molecule has 0 saturated carbocycles. The van der Waals surface area contributed by atoms with Crippen molar-refractivity contribution in [2.24, 2.45) is 0 Å². The fourth-order valence-corrected chi connectivity index (χ4v) is 3.35. The van der Waals surface area contributed by atoms with E-state index in [1.807, 2.05) is 0 Å². The van der Waals surface area contributed by atoms with E-state index in [4.69, 9.17) is 14.2 Å². The van der Waals surface area contributed by atoms with Gasteiger partial charge in [-0.1, -0.05) is 12.7 Å². The molecule has 0 atom stereocenters. The maximum Gasteiger partial charge on any atom is 0.245 e. The third-order valence-corrected chi connectivity index (χ3v) is 4.97. The minimum absolute atomic E-state index is 0.206. The fourth-order valence-electron chi connectivity index (χ4n) is 2.49. The molecule has 0 bridgehead atoms. The van der Waals surface area contributed by atoms with Gasteiger partial charge in [0.05, 0.1) is 26.2 Å². The number of carbonyl (C=O) groups excluding carboxylic acids is 1. The topological polar surface area (TPSA) is 94.2 Å². The van der Waals surface area contributed by atoms with Crippen LogP contribution in [0.1, 0.15) is 0 Å². The van der Waals surface area contributed by atoms with Crippen LogP contribution in [0.2, 0.25) is 0 Å². The quantitative estimate of drug-likeness (QED) is 0.594. The van der Waals surface area contributed by atoms with Crippen LogP contribution in [0.15, 0.2) is 55.1 Å². The van der Waals surface area contributed by atoms with E-state index in [0.29, 0.717) is 29.5 Å². The molecule has 0 aliphatic carbocycles. The van der Waals surface area contributed by atoms with Crippen molar-refractivity contribution >= 4 is 27.3 Å². The first-order valence-corrected chi connectivity index (χ1v) is 10.5. The Hall–Kier alpha value is -3.20. The number of carbonyl (C=O) groups is 1. The number of methoxy groups -OCH3 is 2. The monoisotopic (exact) mass is 420 g/mol. The Morgan fingerprint density at radius 3 is 2.31 bits per heavy atom. The standard InChI is InChI=1S/C20H24N2O6S/c1-5-12-28-16-8-6-15(7-9-16)21-20(23)14-22(29(4,24)25)18-13-17(26-2)10-11-19(18)27-3/h5-11,13H,1,12,14H2,2-4H3,(H,21,23). The number of ether oxygens (including phenoxy) is 3. The fraction of sp³-hybridized carbons (Fsp3) is 0.250. The van der Waals surface area contributed by atoms with Gasteiger partial charge in [-0.05, 0) is 36.4 Å². The average molecular weight is 420 g/mol. The summed E-state index contributed by atoms with van der Waals surface area (Å²) in [5.74, 6) is 0.847. The highest BCUT2D eigenvalue weighted by atomic mass is 32.2. The lowest BCUT2D eigenvalue weighted by molar-refractivity contribution is -0.114. The van der Waals surface area contributed by atoms with Crippen molar-refractivity contribution in [1.29, 1.82) is 0 Å². The molecule has 1 N–H and O–H groups in total. The highest BCUT2D eigenvalue weighted by Crippen LogP contribution is 2.33. The van der Waals surface area contributed by atoms with Gasteiger partial charge >= 0.3 is 0 Å². The minimum atomic E-state index is -3.77. The third-order valence-electron chi connectivity index (χ3n) is 3.85. The summed E-state index contributed by atoms with van der Waals surface area (Å²) in [5.41, 5.74) is 0.713. The second-order valence-electron chi connectivity index (χ2n) is 5.98. The molecule has 0 aliphatic rings. The van der Waals surface area contributed by atoms with Crippen LogP contribution in [-0.2, 0) is 14.8 Å². The van der Waals surface area contributed by atoms with Crippen molar-refractivity contribution in [1.82, 2.24) is 0 Å². The lowest BCUT2D eigenvalue weighted by atomic mass is 10.2. The largest absolute Gasteiger partial charge is 0.497 e. The molecule has 0 unspecified atom stereocenters. The zero-order valence-corrected chi connectivity index (χ0v) is 17.4. The maximum absolute atomic E-state index is 12.5. The Morgan fingerprint density at radius 2 is 1.76 bits per heavy atom. The molecule has 2 aromatic carbocycles. The lowest BCUT2D eigenvalue weighted by Crippen LogP contribution is -2.37. The maximum atomic E-state index is 12.5. The summed E-state index contributed by atoms with van der Waals surface area (Å²) in [4.78, 5) is 12.5. The summed E-state index contributed by atoms with van der Waals surface area (Å²) in [6.07, 6.45) is 2.65. The van der Waals surface area contributed by atoms with E-state index in [0.717, 1.165) is 10.6 Å². The molecule has 0 saturated heterocycles. The molecule has 9 heteroatoms. The number of nitrogens with one attached hydrogen (secondary N) is 1. The number of nitrogens with zero attached hydrogens (tertiary/aromatic N) is 1. The predicted octanol–water partition coefficient (Wildman–Crippen LogP) is 2.67. The number of amides is 1. The Balaban J connectivity index is 2.21. The van der Waals surface area contributed by atoms with Crippen LogP contribution in [0.25, 0.3) is 0 Å². The highest BCUT2D eigenvalue weighted by Gasteiger charge is 2.24. The Morgan fingerprint density at radius 1 is 1.10 bits per heavy atom. The molecule has 0 spiro atoms. The molecule has 0 fully saturated rings. The van der Waals surface area contributed by atoms with E-state index in [9.17, 15) is 13.2 Å². The molecule has 8 nitrogen and oxygen atoms in total. The Bertz CT molecular complexity index is 957. The van der Waals surface area contributed by atoms with Gasteiger partial charge in [0, 0.05) is 11.8 Å². The molecule has 1 amide bonds. The molecule has 0 aromatic heterocycles. The second kappa shape index (κ2) is 9.83. The van der Waals surface area contributed by atoms with Crippen LogP contribution in [0.5, 0.6) is 17.2 Å². The van der Waals surface area contributed by atoms with Gasteiger partial charge in [0.15, 0.2) is 0 Å². The van der Waals surface area contributed by atoms with Crippen LogP contribution in [0, 0.1) is 0 Å². The van der Waals surface area contributed by atoms with E-state index in [1.165, 1.54) is 20.3 Å². The van der Waals surface area contributed by atoms with Crippen LogP contribution >= 0.6 is 0 Å². The minimum Gasteiger partial charge on any atom is -0.497 e. The molecule has 156 valence electrons. The van der Waals surface area contributed by atoms with Gasteiger partial charge in [0.1, 0.15) is 30.4 Å². The first-order valence-electron chi connectivity index (χ1n) is 8.62. The molecular formula is C20H24N2O6S. The molecule has 0 radical (unpaired) electrons.